The van der Waals surface area contributed by atoms with Crippen molar-refractivity contribution < 1.29 is 1.43 Å². The largest absolute Gasteiger partial charge is 0.283 e. The fourth-order valence-electron chi connectivity index (χ4n) is 0.482. The number of hydrogen-bond donors (Lipinski definition) is 1. The average Bonchev–Trinajstić information content (AvgIpc) is 2.14. The number of H-pyrrole nitrogens is 1. The molecule has 0 aliphatic carbocycles. The lowest BCUT2D eigenvalue weighted by Crippen LogP contribution is -1.75. The molecule has 0 saturated carbocycles. The predicted molar refractivity (Wildman–Crippen MR) is 30.1 cm³/mol. The van der Waals surface area contributed by atoms with Gasteiger partial charge in [-0.2, -0.15) is 5.10 Å². The van der Waals surface area contributed by atoms with E-state index in [1.54, 1.807) is 6.20 Å². The standard InChI is InChI=1S/C5H8N2.H2/c1-2-5-3-4-6-7-5;/h3-4H,2H2,1H3,(H,6,7);1H. The van der Waals surface area contributed by atoms with Crippen LogP contribution in [0.4, 0.5) is 0 Å². The van der Waals surface area contributed by atoms with Crippen LogP contribution < -0.4 is 0 Å². The quantitative estimate of drug-likeness (QED) is 0.562. The Kier molecular flexibility index (Phi) is 1.11. The predicted octanol–water partition coefficient (Wildman–Crippen LogP) is 1.22. The lowest BCUT2D eigenvalue weighted by molar-refractivity contribution is 0.975. The molecule has 1 rings (SSSR count). The molecule has 0 atom stereocenters. The minimum Gasteiger partial charge on any atom is -0.283 e. The molecule has 7 heavy (non-hydrogen) atoms. The molecule has 2 heteroatoms. The third kappa shape index (κ3) is 0.796. The molecule has 0 aromatic carbocycles. The first-order valence-electron chi connectivity index (χ1n) is 2.41. The van der Waals surface area contributed by atoms with Crippen LogP contribution >= 0.6 is 0 Å². The van der Waals surface area contributed by atoms with Gasteiger partial charge in [-0.05, 0) is 12.5 Å². The summed E-state index contributed by atoms with van der Waals surface area (Å²) in [5.41, 5.74) is 1.19. The summed E-state index contributed by atoms with van der Waals surface area (Å²) in [5, 5.41) is 6.60. The van der Waals surface area contributed by atoms with Gasteiger partial charge in [0, 0.05) is 13.3 Å². The number of hydrogen-bond acceptors (Lipinski definition) is 1. The summed E-state index contributed by atoms with van der Waals surface area (Å²) in [7, 11) is 0. The Balaban J connectivity index is 0.000000490. The number of nitrogens with one attached hydrogen (secondary N) is 1. The Morgan fingerprint density at radius 2 is 2.86 bits per heavy atom. The van der Waals surface area contributed by atoms with Gasteiger partial charge in [-0.3, -0.25) is 5.10 Å². The second kappa shape index (κ2) is 1.78. The van der Waals surface area contributed by atoms with Gasteiger partial charge in [0.15, 0.2) is 0 Å². The Labute approximate surface area is 44.0 Å². The summed E-state index contributed by atoms with van der Waals surface area (Å²) in [4.78, 5) is 0. The van der Waals surface area contributed by atoms with Gasteiger partial charge in [0.2, 0.25) is 0 Å². The zero-order valence-corrected chi connectivity index (χ0v) is 4.31. The Hall–Kier alpha value is -0.790. The maximum atomic E-state index is 3.77. The van der Waals surface area contributed by atoms with E-state index in [4.69, 9.17) is 0 Å². The van der Waals surface area contributed by atoms with E-state index in [-0.39, 0.29) is 1.43 Å². The number of nitrogens with zero attached hydrogens (tertiary/aromatic N) is 1. The van der Waals surface area contributed by atoms with E-state index in [0.29, 0.717) is 0 Å². The normalized spacial score (nSPS) is 9.29. The van der Waals surface area contributed by atoms with Crippen LogP contribution in [-0.4, -0.2) is 10.2 Å². The first-order chi connectivity index (χ1) is 3.43. The Morgan fingerprint density at radius 1 is 2.00 bits per heavy atom. The van der Waals surface area contributed by atoms with E-state index in [1.165, 1.54) is 5.69 Å². The van der Waals surface area contributed by atoms with Crippen molar-refractivity contribution >= 4 is 0 Å². The highest BCUT2D eigenvalue weighted by Gasteiger charge is 1.82. The first kappa shape index (κ1) is 4.37. The molecule has 40 valence electrons. The summed E-state index contributed by atoms with van der Waals surface area (Å²) in [6, 6.07) is 1.97. The van der Waals surface area contributed by atoms with Crippen molar-refractivity contribution in [1.29, 1.82) is 0 Å². The monoisotopic (exact) mass is 98.1 g/mol. The third-order valence-corrected chi connectivity index (χ3v) is 0.939. The van der Waals surface area contributed by atoms with E-state index >= 15 is 0 Å². The molecular formula is C5H10N2. The lowest BCUT2D eigenvalue weighted by Gasteiger charge is -1.79. The van der Waals surface area contributed by atoms with E-state index in [2.05, 4.69) is 17.1 Å². The summed E-state index contributed by atoms with van der Waals surface area (Å²) in [6.07, 6.45) is 2.80. The Bertz CT molecular complexity index is 125. The topological polar surface area (TPSA) is 28.7 Å². The molecule has 0 saturated heterocycles. The molecule has 1 heterocycles. The van der Waals surface area contributed by atoms with E-state index in [9.17, 15) is 0 Å². The molecule has 2 nitrogen and oxygen atoms in total. The maximum absolute atomic E-state index is 3.77. The molecule has 0 aliphatic heterocycles. The van der Waals surface area contributed by atoms with Gasteiger partial charge < -0.3 is 0 Å². The van der Waals surface area contributed by atoms with Crippen molar-refractivity contribution in [3.05, 3.63) is 18.0 Å². The van der Waals surface area contributed by atoms with Gasteiger partial charge in [0.1, 0.15) is 0 Å². The van der Waals surface area contributed by atoms with E-state index < -0.39 is 0 Å². The number of rotatable bonds is 1. The van der Waals surface area contributed by atoms with Crippen molar-refractivity contribution in [2.45, 2.75) is 13.3 Å². The van der Waals surface area contributed by atoms with E-state index in [0.717, 1.165) is 6.42 Å². The minimum absolute atomic E-state index is 0. The number of aromatic nitrogens is 2. The van der Waals surface area contributed by atoms with E-state index in [1.807, 2.05) is 6.07 Å². The molecular weight excluding hydrogens is 88.1 g/mol. The maximum Gasteiger partial charge on any atom is 0.0490 e. The summed E-state index contributed by atoms with van der Waals surface area (Å²) in [5.74, 6) is 0. The van der Waals surface area contributed by atoms with Gasteiger partial charge in [0.25, 0.3) is 0 Å². The average molecular weight is 98.1 g/mol. The van der Waals surface area contributed by atoms with Gasteiger partial charge >= 0.3 is 0 Å². The van der Waals surface area contributed by atoms with Crippen LogP contribution in [0.2, 0.25) is 0 Å². The zero-order valence-electron chi connectivity index (χ0n) is 4.31. The lowest BCUT2D eigenvalue weighted by atomic mass is 10.4. The molecule has 0 fully saturated rings. The molecule has 0 radical (unpaired) electrons. The molecule has 0 unspecified atom stereocenters. The fourth-order valence-corrected chi connectivity index (χ4v) is 0.482. The SMILES string of the molecule is CCc1ccn[nH]1.[HH]. The van der Waals surface area contributed by atoms with Crippen molar-refractivity contribution in [3.8, 4) is 0 Å². The van der Waals surface area contributed by atoms with Crippen LogP contribution in [0.1, 0.15) is 14.0 Å². The molecule has 0 bridgehead atoms. The first-order valence-corrected chi connectivity index (χ1v) is 2.41. The van der Waals surface area contributed by atoms with Crippen LogP contribution in [0.15, 0.2) is 12.3 Å². The second-order valence-electron chi connectivity index (χ2n) is 1.44. The molecule has 0 amide bonds. The van der Waals surface area contributed by atoms with Gasteiger partial charge in [0.05, 0.1) is 0 Å². The van der Waals surface area contributed by atoms with Gasteiger partial charge in [-0.1, -0.05) is 6.92 Å². The van der Waals surface area contributed by atoms with Crippen LogP contribution in [-0.2, 0) is 6.42 Å². The van der Waals surface area contributed by atoms with Crippen molar-refractivity contribution in [3.63, 3.8) is 0 Å². The molecule has 1 aromatic heterocycles. The smallest absolute Gasteiger partial charge is 0.0490 e. The van der Waals surface area contributed by atoms with Crippen LogP contribution in [0.5, 0.6) is 0 Å². The molecule has 1 N–H and O–H groups in total. The summed E-state index contributed by atoms with van der Waals surface area (Å²) < 4.78 is 0. The summed E-state index contributed by atoms with van der Waals surface area (Å²) >= 11 is 0. The van der Waals surface area contributed by atoms with Gasteiger partial charge in [-0.15, -0.1) is 0 Å². The van der Waals surface area contributed by atoms with Crippen molar-refractivity contribution in [2.75, 3.05) is 0 Å². The number of aromatic amines is 1. The third-order valence-electron chi connectivity index (χ3n) is 0.939. The molecule has 0 spiro atoms. The molecule has 0 aliphatic rings. The fraction of sp³-hybridized carbons (Fsp3) is 0.400. The highest BCUT2D eigenvalue weighted by atomic mass is 15.1. The molecule has 1 aromatic rings. The van der Waals surface area contributed by atoms with Crippen LogP contribution in [0, 0.1) is 0 Å². The second-order valence-corrected chi connectivity index (χ2v) is 1.44. The zero-order chi connectivity index (χ0) is 5.11. The highest BCUT2D eigenvalue weighted by Crippen LogP contribution is 1.88. The van der Waals surface area contributed by atoms with Crippen molar-refractivity contribution in [2.24, 2.45) is 0 Å². The van der Waals surface area contributed by atoms with Crippen molar-refractivity contribution in [1.82, 2.24) is 10.2 Å². The summed E-state index contributed by atoms with van der Waals surface area (Å²) in [6.45, 7) is 2.09. The number of aryl methyl sites for hydroxylation is 1. The van der Waals surface area contributed by atoms with Crippen LogP contribution in [0.3, 0.4) is 0 Å². The van der Waals surface area contributed by atoms with Crippen LogP contribution in [0.25, 0.3) is 0 Å². The minimum atomic E-state index is 0. The Morgan fingerprint density at radius 3 is 3.14 bits per heavy atom. The van der Waals surface area contributed by atoms with Gasteiger partial charge in [-0.25, -0.2) is 0 Å². The highest BCUT2D eigenvalue weighted by molar-refractivity contribution is 4.95.